The van der Waals surface area contributed by atoms with E-state index in [1.165, 1.54) is 17.4 Å². The Balaban J connectivity index is 1.60. The van der Waals surface area contributed by atoms with E-state index in [-0.39, 0.29) is 11.3 Å². The average Bonchev–Trinajstić information content (AvgIpc) is 3.10. The Morgan fingerprint density at radius 1 is 1.12 bits per heavy atom. The molecule has 1 amide bonds. The van der Waals surface area contributed by atoms with Crippen LogP contribution < -0.4 is 10.7 Å². The summed E-state index contributed by atoms with van der Waals surface area (Å²) in [4.78, 5) is 32.2. The fourth-order valence-corrected chi connectivity index (χ4v) is 3.48. The minimum atomic E-state index is -0.291. The molecule has 0 atom stereocenters. The summed E-state index contributed by atoms with van der Waals surface area (Å²) in [7, 11) is 0. The topological polar surface area (TPSA) is 74.8 Å². The number of amides is 1. The fraction of sp³-hybridized carbons (Fsp3) is 0.0500. The van der Waals surface area contributed by atoms with Crippen LogP contribution in [0.3, 0.4) is 0 Å². The van der Waals surface area contributed by atoms with Gasteiger partial charge in [-0.2, -0.15) is 0 Å². The van der Waals surface area contributed by atoms with Crippen LogP contribution in [0, 0.1) is 6.92 Å². The number of anilines is 1. The summed E-state index contributed by atoms with van der Waals surface area (Å²) in [6.07, 6.45) is 0. The second-order valence-electron chi connectivity index (χ2n) is 5.94. The number of aryl methyl sites for hydroxylation is 1. The molecule has 26 heavy (non-hydrogen) atoms. The minimum absolute atomic E-state index is 0.105. The SMILES string of the molecule is Cc1cc(=O)c2cc(C(=O)Nc3nc(-c4ccccc4)cs3)ccc2[nH]1. The Bertz CT molecular complexity index is 1160. The summed E-state index contributed by atoms with van der Waals surface area (Å²) in [6.45, 7) is 1.83. The van der Waals surface area contributed by atoms with Crippen molar-refractivity contribution < 1.29 is 4.79 Å². The van der Waals surface area contributed by atoms with Crippen molar-refractivity contribution >= 4 is 33.3 Å². The summed E-state index contributed by atoms with van der Waals surface area (Å²) in [6, 6.07) is 16.3. The molecule has 0 bridgehead atoms. The molecule has 6 heteroatoms. The van der Waals surface area contributed by atoms with Crippen LogP contribution in [0.2, 0.25) is 0 Å². The van der Waals surface area contributed by atoms with Crippen molar-refractivity contribution in [3.63, 3.8) is 0 Å². The number of carbonyl (C=O) groups excluding carboxylic acids is 1. The summed E-state index contributed by atoms with van der Waals surface area (Å²) >= 11 is 1.37. The second-order valence-corrected chi connectivity index (χ2v) is 6.79. The maximum atomic E-state index is 12.5. The van der Waals surface area contributed by atoms with E-state index in [0.29, 0.717) is 21.6 Å². The van der Waals surface area contributed by atoms with Gasteiger partial charge in [0.2, 0.25) is 0 Å². The lowest BCUT2D eigenvalue weighted by Crippen LogP contribution is -2.13. The first-order valence-corrected chi connectivity index (χ1v) is 8.94. The van der Waals surface area contributed by atoms with Gasteiger partial charge in [0.25, 0.3) is 5.91 Å². The normalized spacial score (nSPS) is 10.8. The predicted octanol–water partition coefficient (Wildman–Crippen LogP) is 4.21. The van der Waals surface area contributed by atoms with E-state index in [1.54, 1.807) is 18.2 Å². The van der Waals surface area contributed by atoms with Gasteiger partial charge in [0.15, 0.2) is 10.6 Å². The number of nitrogens with zero attached hydrogens (tertiary/aromatic N) is 1. The third kappa shape index (κ3) is 3.14. The molecule has 0 unspecified atom stereocenters. The van der Waals surface area contributed by atoms with E-state index in [4.69, 9.17) is 0 Å². The zero-order valence-corrected chi connectivity index (χ0v) is 14.8. The number of thiazole rings is 1. The molecule has 4 aromatic rings. The van der Waals surface area contributed by atoms with Gasteiger partial charge in [-0.15, -0.1) is 11.3 Å². The smallest absolute Gasteiger partial charge is 0.257 e. The number of fused-ring (bicyclic) bond motifs is 1. The summed E-state index contributed by atoms with van der Waals surface area (Å²) in [5, 5.41) is 5.71. The number of benzene rings is 2. The summed E-state index contributed by atoms with van der Waals surface area (Å²) in [5.41, 5.74) is 3.63. The van der Waals surface area contributed by atoms with E-state index in [9.17, 15) is 9.59 Å². The molecular weight excluding hydrogens is 346 g/mol. The standard InChI is InChI=1S/C20H15N3O2S/c1-12-9-18(24)15-10-14(7-8-16(15)21-12)19(25)23-20-22-17(11-26-20)13-5-3-2-4-6-13/h2-11H,1H3,(H,21,24)(H,22,23,25). The van der Waals surface area contributed by atoms with Crippen molar-refractivity contribution in [2.45, 2.75) is 6.92 Å². The van der Waals surface area contributed by atoms with Gasteiger partial charge < -0.3 is 4.98 Å². The van der Waals surface area contributed by atoms with Gasteiger partial charge in [0.05, 0.1) is 5.69 Å². The van der Waals surface area contributed by atoms with Crippen LogP contribution in [0.1, 0.15) is 16.1 Å². The largest absolute Gasteiger partial charge is 0.358 e. The van der Waals surface area contributed by atoms with E-state index < -0.39 is 0 Å². The van der Waals surface area contributed by atoms with Gasteiger partial charge in [0, 0.05) is 39.2 Å². The molecule has 0 saturated heterocycles. The fourth-order valence-electron chi connectivity index (χ4n) is 2.76. The molecular formula is C20H15N3O2S. The lowest BCUT2D eigenvalue weighted by atomic mass is 10.1. The van der Waals surface area contributed by atoms with Crippen molar-refractivity contribution in [2.24, 2.45) is 0 Å². The molecule has 0 saturated carbocycles. The van der Waals surface area contributed by atoms with Gasteiger partial charge in [0.1, 0.15) is 0 Å². The first-order valence-electron chi connectivity index (χ1n) is 8.06. The van der Waals surface area contributed by atoms with E-state index in [0.717, 1.165) is 17.0 Å². The highest BCUT2D eigenvalue weighted by atomic mass is 32.1. The van der Waals surface area contributed by atoms with Gasteiger partial charge >= 0.3 is 0 Å². The van der Waals surface area contributed by atoms with Crippen LogP contribution in [-0.4, -0.2) is 15.9 Å². The molecule has 2 heterocycles. The highest BCUT2D eigenvalue weighted by Crippen LogP contribution is 2.25. The van der Waals surface area contributed by atoms with E-state index in [2.05, 4.69) is 15.3 Å². The molecule has 5 nitrogen and oxygen atoms in total. The first-order chi connectivity index (χ1) is 12.6. The molecule has 0 radical (unpaired) electrons. The Labute approximate surface area is 153 Å². The maximum absolute atomic E-state index is 12.5. The van der Waals surface area contributed by atoms with Crippen molar-refractivity contribution in [1.29, 1.82) is 0 Å². The van der Waals surface area contributed by atoms with Gasteiger partial charge in [-0.05, 0) is 25.1 Å². The van der Waals surface area contributed by atoms with Crippen LogP contribution in [0.25, 0.3) is 22.2 Å². The molecule has 2 aromatic heterocycles. The van der Waals surface area contributed by atoms with Gasteiger partial charge in [-0.1, -0.05) is 30.3 Å². The molecule has 0 aliphatic carbocycles. The number of hydrogen-bond acceptors (Lipinski definition) is 4. The van der Waals surface area contributed by atoms with E-state index in [1.807, 2.05) is 42.6 Å². The maximum Gasteiger partial charge on any atom is 0.257 e. The molecule has 0 fully saturated rings. The molecule has 0 aliphatic rings. The molecule has 2 N–H and O–H groups in total. The molecule has 4 rings (SSSR count). The quantitative estimate of drug-likeness (QED) is 0.574. The Morgan fingerprint density at radius 3 is 2.73 bits per heavy atom. The number of rotatable bonds is 3. The van der Waals surface area contributed by atoms with Crippen LogP contribution in [0.4, 0.5) is 5.13 Å². The number of pyridine rings is 1. The lowest BCUT2D eigenvalue weighted by molar-refractivity contribution is 0.102. The third-order valence-electron chi connectivity index (χ3n) is 4.02. The summed E-state index contributed by atoms with van der Waals surface area (Å²) in [5.74, 6) is -0.291. The first kappa shape index (κ1) is 16.2. The number of aromatic amines is 1. The van der Waals surface area contributed by atoms with E-state index >= 15 is 0 Å². The van der Waals surface area contributed by atoms with Gasteiger partial charge in [-0.3, -0.25) is 14.9 Å². The Morgan fingerprint density at radius 2 is 1.92 bits per heavy atom. The average molecular weight is 361 g/mol. The van der Waals surface area contributed by atoms with Crippen molar-refractivity contribution in [3.05, 3.63) is 81.5 Å². The highest BCUT2D eigenvalue weighted by molar-refractivity contribution is 7.14. The number of aromatic nitrogens is 2. The lowest BCUT2D eigenvalue weighted by Gasteiger charge is -2.04. The highest BCUT2D eigenvalue weighted by Gasteiger charge is 2.11. The second kappa shape index (κ2) is 6.57. The van der Waals surface area contributed by atoms with Crippen molar-refractivity contribution in [3.8, 4) is 11.3 Å². The molecule has 0 aliphatic heterocycles. The minimum Gasteiger partial charge on any atom is -0.358 e. The molecule has 0 spiro atoms. The predicted molar refractivity (Wildman–Crippen MR) is 105 cm³/mol. The van der Waals surface area contributed by atoms with Crippen LogP contribution >= 0.6 is 11.3 Å². The Hall–Kier alpha value is -3.25. The zero-order valence-electron chi connectivity index (χ0n) is 13.9. The zero-order chi connectivity index (χ0) is 18.1. The third-order valence-corrected chi connectivity index (χ3v) is 4.78. The van der Waals surface area contributed by atoms with Gasteiger partial charge in [-0.25, -0.2) is 4.98 Å². The van der Waals surface area contributed by atoms with Crippen molar-refractivity contribution in [2.75, 3.05) is 5.32 Å². The number of hydrogen-bond donors (Lipinski definition) is 2. The van der Waals surface area contributed by atoms with Crippen LogP contribution in [-0.2, 0) is 0 Å². The molecule has 128 valence electrons. The van der Waals surface area contributed by atoms with Crippen LogP contribution in [0.5, 0.6) is 0 Å². The number of nitrogens with one attached hydrogen (secondary N) is 2. The Kier molecular flexibility index (Phi) is 4.10. The van der Waals surface area contributed by atoms with Crippen molar-refractivity contribution in [1.82, 2.24) is 9.97 Å². The summed E-state index contributed by atoms with van der Waals surface area (Å²) < 4.78 is 0. The monoisotopic (exact) mass is 361 g/mol. The number of H-pyrrole nitrogens is 1. The number of carbonyl (C=O) groups is 1. The van der Waals surface area contributed by atoms with Crippen LogP contribution in [0.15, 0.2) is 64.8 Å². The molecule has 2 aromatic carbocycles.